The first-order valence-electron chi connectivity index (χ1n) is 8.26. The van der Waals surface area contributed by atoms with Crippen molar-refractivity contribution in [1.29, 1.82) is 0 Å². The molecule has 0 aliphatic carbocycles. The van der Waals surface area contributed by atoms with Crippen molar-refractivity contribution in [2.75, 3.05) is 19.0 Å². The largest absolute Gasteiger partial charge is 0.511 e. The van der Waals surface area contributed by atoms with Gasteiger partial charge in [0, 0.05) is 25.1 Å². The third-order valence-corrected chi connectivity index (χ3v) is 3.93. The summed E-state index contributed by atoms with van der Waals surface area (Å²) in [5.74, 6) is -3.43. The van der Waals surface area contributed by atoms with Crippen molar-refractivity contribution in [1.82, 2.24) is 4.90 Å². The van der Waals surface area contributed by atoms with Crippen molar-refractivity contribution in [3.63, 3.8) is 0 Å². The molecular weight excluding hydrogens is 394 g/mol. The highest BCUT2D eigenvalue weighted by Gasteiger charge is 2.36. The Morgan fingerprint density at radius 1 is 1.32 bits per heavy atom. The summed E-state index contributed by atoms with van der Waals surface area (Å²) in [5, 5.41) is 12.6. The van der Waals surface area contributed by atoms with E-state index in [1.54, 1.807) is 20.8 Å². The predicted octanol–water partition coefficient (Wildman–Crippen LogP) is 3.69. The average molecular weight is 414 g/mol. The maximum Gasteiger partial charge on any atom is 0.417 e. The number of carbonyl (C=O) groups is 2. The van der Waals surface area contributed by atoms with Gasteiger partial charge in [0.2, 0.25) is 0 Å². The van der Waals surface area contributed by atoms with Crippen LogP contribution in [0.3, 0.4) is 0 Å². The van der Waals surface area contributed by atoms with Gasteiger partial charge >= 0.3 is 6.09 Å². The van der Waals surface area contributed by atoms with E-state index in [-0.39, 0.29) is 40.7 Å². The van der Waals surface area contributed by atoms with Crippen LogP contribution in [0.2, 0.25) is 0 Å². The van der Waals surface area contributed by atoms with Crippen molar-refractivity contribution >= 4 is 34.9 Å². The summed E-state index contributed by atoms with van der Waals surface area (Å²) >= 11 is 5.12. The quantitative estimate of drug-likeness (QED) is 0.730. The van der Waals surface area contributed by atoms with Gasteiger partial charge in [-0.15, -0.1) is 0 Å². The highest BCUT2D eigenvalue weighted by Crippen LogP contribution is 2.30. The monoisotopic (exact) mass is 414 g/mol. The molecule has 0 saturated carbocycles. The van der Waals surface area contributed by atoms with E-state index in [1.165, 1.54) is 7.11 Å². The first-order chi connectivity index (χ1) is 12.9. The molecule has 0 radical (unpaired) electrons. The molecule has 2 N–H and O–H groups in total. The summed E-state index contributed by atoms with van der Waals surface area (Å²) in [6, 6.07) is 1.55. The Balaban J connectivity index is 2.30. The zero-order valence-electron chi connectivity index (χ0n) is 15.8. The molecule has 7 nitrogen and oxygen atoms in total. The number of aliphatic hydroxyl groups excluding tert-OH is 1. The molecule has 0 aromatic heterocycles. The first kappa shape index (κ1) is 21.5. The molecule has 1 heterocycles. The number of anilines is 1. The number of ether oxygens (including phenoxy) is 2. The average Bonchev–Trinajstić information content (AvgIpc) is 2.52. The summed E-state index contributed by atoms with van der Waals surface area (Å²) in [6.07, 6.45) is -0.934. The van der Waals surface area contributed by atoms with Crippen LogP contribution < -0.4 is 10.1 Å². The van der Waals surface area contributed by atoms with Crippen LogP contribution >= 0.6 is 12.2 Å². The van der Waals surface area contributed by atoms with Gasteiger partial charge in [0.15, 0.2) is 11.6 Å². The highest BCUT2D eigenvalue weighted by atomic mass is 32.1. The van der Waals surface area contributed by atoms with E-state index in [9.17, 15) is 23.5 Å². The lowest BCUT2D eigenvalue weighted by molar-refractivity contribution is -0.126. The lowest BCUT2D eigenvalue weighted by Gasteiger charge is -2.29. The van der Waals surface area contributed by atoms with Crippen molar-refractivity contribution in [2.24, 2.45) is 0 Å². The Hall–Kier alpha value is -2.75. The number of hydrogen-bond acceptors (Lipinski definition) is 6. The van der Waals surface area contributed by atoms with Crippen LogP contribution in [0.15, 0.2) is 23.5 Å². The number of rotatable bonds is 3. The number of thiocarbonyl (C=S) groups is 1. The summed E-state index contributed by atoms with van der Waals surface area (Å²) in [7, 11) is 1.18. The molecule has 2 amide bonds. The Morgan fingerprint density at radius 3 is 2.54 bits per heavy atom. The van der Waals surface area contributed by atoms with Gasteiger partial charge in [0.1, 0.15) is 27.7 Å². The second kappa shape index (κ2) is 8.09. The van der Waals surface area contributed by atoms with Crippen molar-refractivity contribution in [3.8, 4) is 5.75 Å². The lowest BCUT2D eigenvalue weighted by Crippen LogP contribution is -2.46. The van der Waals surface area contributed by atoms with Crippen LogP contribution in [0, 0.1) is 11.6 Å². The number of halogens is 2. The Bertz CT molecular complexity index is 864. The van der Waals surface area contributed by atoms with Crippen LogP contribution in [0.25, 0.3) is 0 Å². The smallest absolute Gasteiger partial charge is 0.417 e. The maximum atomic E-state index is 13.8. The number of methoxy groups -OCH3 is 1. The molecule has 10 heteroatoms. The minimum Gasteiger partial charge on any atom is -0.511 e. The van der Waals surface area contributed by atoms with Crippen LogP contribution in [0.4, 0.5) is 19.3 Å². The van der Waals surface area contributed by atoms with E-state index >= 15 is 0 Å². The van der Waals surface area contributed by atoms with Gasteiger partial charge in [-0.1, -0.05) is 12.2 Å². The van der Waals surface area contributed by atoms with Gasteiger partial charge in [0.05, 0.1) is 12.8 Å². The van der Waals surface area contributed by atoms with E-state index in [0.29, 0.717) is 6.07 Å². The van der Waals surface area contributed by atoms with E-state index in [0.717, 1.165) is 11.0 Å². The Kier molecular flexibility index (Phi) is 6.23. The van der Waals surface area contributed by atoms with Gasteiger partial charge < -0.3 is 19.9 Å². The maximum absolute atomic E-state index is 13.8. The summed E-state index contributed by atoms with van der Waals surface area (Å²) in [4.78, 5) is 25.4. The summed E-state index contributed by atoms with van der Waals surface area (Å²) < 4.78 is 37.4. The first-order valence-corrected chi connectivity index (χ1v) is 8.66. The van der Waals surface area contributed by atoms with Crippen LogP contribution in [-0.4, -0.2) is 46.3 Å². The molecule has 0 fully saturated rings. The fraction of sp³-hybridized carbons (Fsp3) is 0.389. The molecular formula is C18H20F2N2O5S. The molecule has 0 spiro atoms. The number of nitrogens with zero attached hydrogens (tertiary/aromatic N) is 1. The third-order valence-electron chi connectivity index (χ3n) is 3.62. The van der Waals surface area contributed by atoms with Crippen LogP contribution in [-0.2, 0) is 9.53 Å². The molecule has 2 rings (SSSR count). The summed E-state index contributed by atoms with van der Waals surface area (Å²) in [5.41, 5.74) is -1.36. The Morgan fingerprint density at radius 2 is 1.96 bits per heavy atom. The normalized spacial score (nSPS) is 14.8. The van der Waals surface area contributed by atoms with Crippen LogP contribution in [0.5, 0.6) is 5.75 Å². The molecule has 0 saturated heterocycles. The highest BCUT2D eigenvalue weighted by molar-refractivity contribution is 7.81. The third kappa shape index (κ3) is 4.75. The minimum absolute atomic E-state index is 0.0449. The number of benzene rings is 1. The van der Waals surface area contributed by atoms with Gasteiger partial charge in [-0.2, -0.15) is 0 Å². The predicted molar refractivity (Wildman–Crippen MR) is 101 cm³/mol. The molecule has 1 aromatic carbocycles. The molecule has 1 aliphatic heterocycles. The van der Waals surface area contributed by atoms with Crippen molar-refractivity contribution < 1.29 is 33.0 Å². The number of nitrogens with one attached hydrogen (secondary N) is 1. The second-order valence-corrected chi connectivity index (χ2v) is 7.34. The molecule has 28 heavy (non-hydrogen) atoms. The molecule has 152 valence electrons. The number of imide groups is 1. The molecule has 1 aliphatic rings. The molecule has 1 aromatic rings. The number of amides is 2. The number of hydrogen-bond donors (Lipinski definition) is 2. The lowest BCUT2D eigenvalue weighted by atomic mass is 10.1. The van der Waals surface area contributed by atoms with Gasteiger partial charge in [-0.25, -0.2) is 18.5 Å². The topological polar surface area (TPSA) is 88.1 Å². The van der Waals surface area contributed by atoms with Crippen molar-refractivity contribution in [2.45, 2.75) is 32.8 Å². The summed E-state index contributed by atoms with van der Waals surface area (Å²) in [6.45, 7) is 4.84. The van der Waals surface area contributed by atoms with Crippen molar-refractivity contribution in [3.05, 3.63) is 35.1 Å². The zero-order valence-corrected chi connectivity index (χ0v) is 16.6. The number of aliphatic hydroxyl groups is 1. The molecule has 0 unspecified atom stereocenters. The standard InChI is InChI=1S/C18H20F2N2O5S/c1-18(2,3)27-17(25)22-6-5-12(23)13(16(22)24)15(28)21-11-8-9(19)7-10(20)14(11)26-4/h7-8,23H,5-6H2,1-4H3,(H,21,28). The SMILES string of the molecule is COc1c(F)cc(F)cc1NC(=S)C1=C(O)CCN(C(=O)OC(C)(C)C)C1=O. The second-order valence-electron chi connectivity index (χ2n) is 6.93. The van der Waals surface area contributed by atoms with E-state index in [4.69, 9.17) is 21.7 Å². The van der Waals surface area contributed by atoms with E-state index in [2.05, 4.69) is 5.32 Å². The fourth-order valence-corrected chi connectivity index (χ4v) is 2.78. The zero-order chi connectivity index (χ0) is 21.2. The fourth-order valence-electron chi connectivity index (χ4n) is 2.47. The molecule has 0 bridgehead atoms. The van der Waals surface area contributed by atoms with Crippen LogP contribution in [0.1, 0.15) is 27.2 Å². The van der Waals surface area contributed by atoms with Gasteiger partial charge in [-0.05, 0) is 20.8 Å². The number of carbonyl (C=O) groups excluding carboxylic acids is 2. The van der Waals surface area contributed by atoms with Gasteiger partial charge in [0.25, 0.3) is 5.91 Å². The minimum atomic E-state index is -0.976. The van der Waals surface area contributed by atoms with E-state index < -0.39 is 29.2 Å². The van der Waals surface area contributed by atoms with E-state index in [1.807, 2.05) is 0 Å². The molecule has 0 atom stereocenters. The Labute approximate surface area is 165 Å². The van der Waals surface area contributed by atoms with Gasteiger partial charge in [-0.3, -0.25) is 4.79 Å².